The molecule has 0 N–H and O–H groups in total. The van der Waals surface area contributed by atoms with Crippen LogP contribution in [-0.4, -0.2) is 25.5 Å². The highest BCUT2D eigenvalue weighted by Crippen LogP contribution is 2.04. The first-order chi connectivity index (χ1) is 7.66. The summed E-state index contributed by atoms with van der Waals surface area (Å²) in [6, 6.07) is 3.09. The van der Waals surface area contributed by atoms with Gasteiger partial charge in [-0.25, -0.2) is 0 Å². The molecule has 0 saturated heterocycles. The summed E-state index contributed by atoms with van der Waals surface area (Å²) in [6.07, 6.45) is 2.50. The van der Waals surface area contributed by atoms with Gasteiger partial charge in [-0.1, -0.05) is 4.98 Å². The quantitative estimate of drug-likeness (QED) is 0.427. The topological polar surface area (TPSA) is 104 Å². The number of hydrogen-bond acceptors (Lipinski definition) is 6. The smallest absolute Gasteiger partial charge is 0.461 e. The molecule has 2 aromatic rings. The fourth-order valence-electron chi connectivity index (χ4n) is 1.11. The Morgan fingerprint density at radius 3 is 3.00 bits per heavy atom. The van der Waals surface area contributed by atoms with Crippen LogP contribution in [0.5, 0.6) is 0 Å². The van der Waals surface area contributed by atoms with E-state index < -0.39 is 10.9 Å². The van der Waals surface area contributed by atoms with Crippen molar-refractivity contribution in [1.29, 1.82) is 0 Å². The fraction of sp³-hybridized carbons (Fsp3) is 0.125. The first-order valence-electron chi connectivity index (χ1n) is 4.27. The van der Waals surface area contributed by atoms with Crippen molar-refractivity contribution in [1.82, 2.24) is 14.8 Å². The second-order valence-electron chi connectivity index (χ2n) is 2.90. The summed E-state index contributed by atoms with van der Waals surface area (Å²) in [5, 5.41) is 13.8. The highest BCUT2D eigenvalue weighted by atomic mass is 16.6. The van der Waals surface area contributed by atoms with E-state index in [1.54, 1.807) is 6.07 Å². The third-order valence-corrected chi connectivity index (χ3v) is 1.79. The Hall–Kier alpha value is -2.51. The van der Waals surface area contributed by atoms with E-state index in [0.717, 1.165) is 11.0 Å². The Labute approximate surface area is 88.7 Å². The van der Waals surface area contributed by atoms with Crippen LogP contribution in [0.4, 0.5) is 5.95 Å². The van der Waals surface area contributed by atoms with Gasteiger partial charge < -0.3 is 14.5 Å². The Bertz CT molecular complexity index is 516. The lowest BCUT2D eigenvalue weighted by atomic mass is 10.3. The number of hydrogen-bond donors (Lipinski definition) is 0. The normalized spacial score (nSPS) is 10.2. The maximum absolute atomic E-state index is 11.5. The average Bonchev–Trinajstić information content (AvgIpc) is 2.87. The molecule has 0 amide bonds. The number of nitro groups is 1. The summed E-state index contributed by atoms with van der Waals surface area (Å²) >= 11 is 0. The molecule has 0 atom stereocenters. The van der Waals surface area contributed by atoms with Crippen LogP contribution in [0.1, 0.15) is 10.6 Å². The number of rotatable bonds is 4. The maximum Gasteiger partial charge on any atom is 0.490 e. The van der Waals surface area contributed by atoms with Gasteiger partial charge in [-0.3, -0.25) is 4.79 Å². The van der Waals surface area contributed by atoms with Crippen molar-refractivity contribution in [2.45, 2.75) is 6.54 Å². The molecule has 0 aliphatic heterocycles. The van der Waals surface area contributed by atoms with Crippen LogP contribution in [0.2, 0.25) is 0 Å². The third-order valence-electron chi connectivity index (χ3n) is 1.79. The van der Waals surface area contributed by atoms with Crippen LogP contribution in [0.25, 0.3) is 0 Å². The Morgan fingerprint density at radius 2 is 2.44 bits per heavy atom. The lowest BCUT2D eigenvalue weighted by molar-refractivity contribution is -0.394. The monoisotopic (exact) mass is 222 g/mol. The zero-order chi connectivity index (χ0) is 11.5. The van der Waals surface area contributed by atoms with E-state index in [1.807, 2.05) is 0 Å². The minimum absolute atomic E-state index is 0.144. The molecule has 0 bridgehead atoms. The van der Waals surface area contributed by atoms with Gasteiger partial charge in [-0.15, -0.1) is 0 Å². The van der Waals surface area contributed by atoms with E-state index in [9.17, 15) is 14.9 Å². The molecule has 2 aromatic heterocycles. The van der Waals surface area contributed by atoms with Gasteiger partial charge in [0.25, 0.3) is 0 Å². The summed E-state index contributed by atoms with van der Waals surface area (Å²) < 4.78 is 5.96. The third kappa shape index (κ3) is 1.95. The molecule has 8 heteroatoms. The largest absolute Gasteiger partial charge is 0.490 e. The zero-order valence-corrected chi connectivity index (χ0v) is 7.94. The van der Waals surface area contributed by atoms with Crippen molar-refractivity contribution in [2.24, 2.45) is 0 Å². The predicted molar refractivity (Wildman–Crippen MR) is 49.7 cm³/mol. The highest BCUT2D eigenvalue weighted by Gasteiger charge is 2.17. The van der Waals surface area contributed by atoms with E-state index in [2.05, 4.69) is 10.1 Å². The van der Waals surface area contributed by atoms with E-state index >= 15 is 0 Å². The summed E-state index contributed by atoms with van der Waals surface area (Å²) in [5.74, 6) is -0.685. The summed E-state index contributed by atoms with van der Waals surface area (Å²) in [7, 11) is 0. The van der Waals surface area contributed by atoms with Crippen molar-refractivity contribution in [3.05, 3.63) is 40.6 Å². The maximum atomic E-state index is 11.5. The van der Waals surface area contributed by atoms with Crippen molar-refractivity contribution in [3.63, 3.8) is 0 Å². The lowest BCUT2D eigenvalue weighted by Gasteiger charge is -1.92. The average molecular weight is 222 g/mol. The van der Waals surface area contributed by atoms with Gasteiger partial charge in [0.15, 0.2) is 5.76 Å². The molecule has 0 aromatic carbocycles. The van der Waals surface area contributed by atoms with Crippen molar-refractivity contribution in [2.75, 3.05) is 0 Å². The van der Waals surface area contributed by atoms with Crippen LogP contribution in [-0.2, 0) is 6.54 Å². The molecule has 2 heterocycles. The molecular weight excluding hydrogens is 216 g/mol. The van der Waals surface area contributed by atoms with Gasteiger partial charge in [0.1, 0.15) is 6.54 Å². The zero-order valence-electron chi connectivity index (χ0n) is 7.94. The van der Waals surface area contributed by atoms with Crippen LogP contribution < -0.4 is 0 Å². The van der Waals surface area contributed by atoms with Gasteiger partial charge >= 0.3 is 5.95 Å². The standard InChI is InChI=1S/C8H6N4O4/c13-6(7-2-1-3-16-7)4-11-5-9-8(10-11)12(14)15/h1-3,5H,4H2. The van der Waals surface area contributed by atoms with Crippen molar-refractivity contribution >= 4 is 11.7 Å². The number of furan rings is 1. The molecule has 0 saturated carbocycles. The van der Waals surface area contributed by atoms with Crippen LogP contribution in [0.3, 0.4) is 0 Å². The molecular formula is C8H6N4O4. The fourth-order valence-corrected chi connectivity index (χ4v) is 1.11. The highest BCUT2D eigenvalue weighted by molar-refractivity contribution is 5.93. The number of Topliss-reactive ketones (excluding diaryl/α,β-unsaturated/α-hetero) is 1. The van der Waals surface area contributed by atoms with E-state index in [0.29, 0.717) is 0 Å². The van der Waals surface area contributed by atoms with E-state index in [1.165, 1.54) is 12.3 Å². The van der Waals surface area contributed by atoms with Crippen LogP contribution in [0, 0.1) is 10.1 Å². The molecule has 16 heavy (non-hydrogen) atoms. The van der Waals surface area contributed by atoms with E-state index in [4.69, 9.17) is 4.42 Å². The minimum Gasteiger partial charge on any atom is -0.461 e. The number of ketones is 1. The van der Waals surface area contributed by atoms with Crippen LogP contribution >= 0.6 is 0 Å². The molecule has 0 unspecified atom stereocenters. The Balaban J connectivity index is 2.09. The molecule has 8 nitrogen and oxygen atoms in total. The predicted octanol–water partition coefficient (Wildman–Crippen LogP) is 0.662. The molecule has 0 aliphatic rings. The molecule has 2 rings (SSSR count). The molecule has 82 valence electrons. The SMILES string of the molecule is O=C(Cn1cnc([N+](=O)[O-])n1)c1ccco1. The van der Waals surface area contributed by atoms with Crippen molar-refractivity contribution < 1.29 is 14.1 Å². The number of carbonyl (C=O) groups excluding carboxylic acids is 1. The number of nitrogens with zero attached hydrogens (tertiary/aromatic N) is 4. The molecule has 0 spiro atoms. The minimum atomic E-state index is -0.728. The number of aromatic nitrogens is 3. The van der Waals surface area contributed by atoms with Crippen molar-refractivity contribution in [3.8, 4) is 0 Å². The number of carbonyl (C=O) groups is 1. The first-order valence-corrected chi connectivity index (χ1v) is 4.27. The summed E-state index contributed by atoms with van der Waals surface area (Å²) in [5.41, 5.74) is 0. The van der Waals surface area contributed by atoms with E-state index in [-0.39, 0.29) is 18.1 Å². The second kappa shape index (κ2) is 3.93. The van der Waals surface area contributed by atoms with Gasteiger partial charge in [0.2, 0.25) is 12.1 Å². The second-order valence-corrected chi connectivity index (χ2v) is 2.90. The Kier molecular flexibility index (Phi) is 2.46. The van der Waals surface area contributed by atoms with Gasteiger partial charge in [-0.05, 0) is 17.1 Å². The summed E-state index contributed by atoms with van der Waals surface area (Å²) in [6.45, 7) is -0.144. The molecule has 0 fully saturated rings. The van der Waals surface area contributed by atoms with Gasteiger partial charge in [0, 0.05) is 5.10 Å². The van der Waals surface area contributed by atoms with Gasteiger partial charge in [-0.2, -0.15) is 4.68 Å². The molecule has 0 radical (unpaired) electrons. The Morgan fingerprint density at radius 1 is 1.62 bits per heavy atom. The molecule has 0 aliphatic carbocycles. The first kappa shape index (κ1) is 10.0. The van der Waals surface area contributed by atoms with Gasteiger partial charge in [0.05, 0.1) is 6.26 Å². The van der Waals surface area contributed by atoms with Crippen LogP contribution in [0.15, 0.2) is 29.1 Å². The lowest BCUT2D eigenvalue weighted by Crippen LogP contribution is -2.10. The summed E-state index contributed by atoms with van der Waals surface area (Å²) in [4.78, 5) is 24.5.